The predicted molar refractivity (Wildman–Crippen MR) is 142 cm³/mol. The molecule has 0 bridgehead atoms. The molecule has 0 fully saturated rings. The second-order valence-corrected chi connectivity index (χ2v) is 8.65. The first kappa shape index (κ1) is 27.1. The molecule has 0 radical (unpaired) electrons. The van der Waals surface area contributed by atoms with Crippen LogP contribution in [-0.4, -0.2) is 51.1 Å². The highest BCUT2D eigenvalue weighted by atomic mass is 35.5. The van der Waals surface area contributed by atoms with Crippen LogP contribution in [0.3, 0.4) is 0 Å². The largest absolute Gasteiger partial charge is 0.465 e. The van der Waals surface area contributed by atoms with Gasteiger partial charge < -0.3 is 15.4 Å². The molecule has 198 valence electrons. The molecule has 0 aliphatic carbocycles. The van der Waals surface area contributed by atoms with E-state index in [2.05, 4.69) is 30.9 Å². The molecule has 12 heteroatoms. The predicted octanol–water partition coefficient (Wildman–Crippen LogP) is 3.62. The number of anilines is 1. The smallest absolute Gasteiger partial charge is 0.340 e. The molecular formula is C27H22ClFN6O4. The van der Waals surface area contributed by atoms with Crippen molar-refractivity contribution >= 4 is 41.1 Å². The number of carbonyl (C=O) groups is 3. The Bertz CT molecular complexity index is 1510. The zero-order chi connectivity index (χ0) is 27.8. The Morgan fingerprint density at radius 1 is 1.10 bits per heavy atom. The molecule has 0 saturated heterocycles. The van der Waals surface area contributed by atoms with Gasteiger partial charge in [0.05, 0.1) is 18.4 Å². The van der Waals surface area contributed by atoms with Gasteiger partial charge in [0.2, 0.25) is 11.8 Å². The lowest BCUT2D eigenvalue weighted by Gasteiger charge is -2.18. The van der Waals surface area contributed by atoms with Gasteiger partial charge >= 0.3 is 5.97 Å². The maximum atomic E-state index is 14.4. The fraction of sp³-hybridized carbons (Fsp3) is 0.111. The van der Waals surface area contributed by atoms with Crippen molar-refractivity contribution in [1.29, 1.82) is 0 Å². The standard InChI is InChI=1S/C27H22ClFN6O4/c1-39-27(38)21-10-9-20(15-22(21)29)31-26(37)23(13-17-5-3-2-4-6-17)32-25(36)12-7-18-14-19(28)8-11-24(18)35-16-30-33-34-35/h2-12,14-16,23H,13H2,1H3,(H,31,37)(H,32,36)/b12-7+/t23-/m0/s1. The van der Waals surface area contributed by atoms with Gasteiger partial charge in [-0.2, -0.15) is 4.68 Å². The number of hydrogen-bond acceptors (Lipinski definition) is 7. The first-order chi connectivity index (χ1) is 18.8. The maximum Gasteiger partial charge on any atom is 0.340 e. The van der Waals surface area contributed by atoms with Crippen molar-refractivity contribution in [1.82, 2.24) is 25.5 Å². The first-order valence-corrected chi connectivity index (χ1v) is 12.0. The number of methoxy groups -OCH3 is 1. The summed E-state index contributed by atoms with van der Waals surface area (Å²) >= 11 is 6.13. The molecule has 4 rings (SSSR count). The fourth-order valence-electron chi connectivity index (χ4n) is 3.68. The van der Waals surface area contributed by atoms with Crippen molar-refractivity contribution in [3.63, 3.8) is 0 Å². The van der Waals surface area contributed by atoms with E-state index in [1.807, 2.05) is 30.3 Å². The van der Waals surface area contributed by atoms with E-state index in [0.29, 0.717) is 16.3 Å². The van der Waals surface area contributed by atoms with Crippen LogP contribution < -0.4 is 10.6 Å². The minimum absolute atomic E-state index is 0.109. The van der Waals surface area contributed by atoms with E-state index < -0.39 is 29.6 Å². The molecule has 2 N–H and O–H groups in total. The third-order valence-corrected chi connectivity index (χ3v) is 5.79. The molecule has 1 aromatic heterocycles. The quantitative estimate of drug-likeness (QED) is 0.241. The second-order valence-electron chi connectivity index (χ2n) is 8.22. The molecule has 10 nitrogen and oxygen atoms in total. The SMILES string of the molecule is COC(=O)c1ccc(NC(=O)[C@H](Cc2ccccc2)NC(=O)/C=C/c2cc(Cl)ccc2-n2cnnn2)cc1F. The average Bonchev–Trinajstić information content (AvgIpc) is 3.47. The minimum Gasteiger partial charge on any atom is -0.465 e. The number of carbonyl (C=O) groups excluding carboxylic acids is 3. The summed E-state index contributed by atoms with van der Waals surface area (Å²) in [5, 5.41) is 16.8. The number of hydrogen-bond donors (Lipinski definition) is 2. The van der Waals surface area contributed by atoms with Gasteiger partial charge in [-0.15, -0.1) is 5.10 Å². The fourth-order valence-corrected chi connectivity index (χ4v) is 3.86. The van der Waals surface area contributed by atoms with Crippen LogP contribution in [0.25, 0.3) is 11.8 Å². The Morgan fingerprint density at radius 2 is 1.90 bits per heavy atom. The number of nitrogens with one attached hydrogen (secondary N) is 2. The van der Waals surface area contributed by atoms with Crippen molar-refractivity contribution in [2.24, 2.45) is 0 Å². The van der Waals surface area contributed by atoms with Crippen molar-refractivity contribution in [3.05, 3.63) is 107 Å². The number of rotatable bonds is 9. The number of halogens is 2. The summed E-state index contributed by atoms with van der Waals surface area (Å²) < 4.78 is 20.3. The summed E-state index contributed by atoms with van der Waals surface area (Å²) in [7, 11) is 1.14. The van der Waals surface area contributed by atoms with Crippen LogP contribution >= 0.6 is 11.6 Å². The first-order valence-electron chi connectivity index (χ1n) is 11.6. The zero-order valence-corrected chi connectivity index (χ0v) is 21.3. The monoisotopic (exact) mass is 548 g/mol. The molecule has 0 saturated carbocycles. The van der Waals surface area contributed by atoms with E-state index >= 15 is 0 Å². The second kappa shape index (κ2) is 12.6. The van der Waals surface area contributed by atoms with Gasteiger partial charge in [0.25, 0.3) is 0 Å². The number of aromatic nitrogens is 4. The van der Waals surface area contributed by atoms with E-state index in [9.17, 15) is 18.8 Å². The van der Waals surface area contributed by atoms with Crippen LogP contribution in [0.4, 0.5) is 10.1 Å². The zero-order valence-electron chi connectivity index (χ0n) is 20.5. The Morgan fingerprint density at radius 3 is 2.59 bits per heavy atom. The number of esters is 1. The lowest BCUT2D eigenvalue weighted by atomic mass is 10.0. The Balaban J connectivity index is 1.53. The highest BCUT2D eigenvalue weighted by Crippen LogP contribution is 2.20. The van der Waals surface area contributed by atoms with Gasteiger partial charge in [-0.3, -0.25) is 9.59 Å². The highest BCUT2D eigenvalue weighted by molar-refractivity contribution is 6.30. The number of amides is 2. The topological polar surface area (TPSA) is 128 Å². The van der Waals surface area contributed by atoms with Crippen LogP contribution in [0.5, 0.6) is 0 Å². The molecule has 1 atom stereocenters. The molecule has 0 unspecified atom stereocenters. The van der Waals surface area contributed by atoms with E-state index in [4.69, 9.17) is 11.6 Å². The Kier molecular flexibility index (Phi) is 8.75. The minimum atomic E-state index is -1.01. The van der Waals surface area contributed by atoms with Crippen LogP contribution in [0.1, 0.15) is 21.5 Å². The van der Waals surface area contributed by atoms with E-state index in [-0.39, 0.29) is 17.7 Å². The number of ether oxygens (including phenoxy) is 1. The molecule has 0 spiro atoms. The molecule has 1 heterocycles. The molecule has 39 heavy (non-hydrogen) atoms. The van der Waals surface area contributed by atoms with Gasteiger partial charge in [0.15, 0.2) is 0 Å². The summed E-state index contributed by atoms with van der Waals surface area (Å²) in [5.74, 6) is -2.83. The summed E-state index contributed by atoms with van der Waals surface area (Å²) in [6.07, 6.45) is 4.36. The van der Waals surface area contributed by atoms with Crippen LogP contribution in [0.2, 0.25) is 5.02 Å². The number of tetrazole rings is 1. The summed E-state index contributed by atoms with van der Waals surface area (Å²) in [6, 6.07) is 16.7. The number of benzene rings is 3. The van der Waals surface area contributed by atoms with E-state index in [0.717, 1.165) is 18.7 Å². The normalized spacial score (nSPS) is 11.7. The summed E-state index contributed by atoms with van der Waals surface area (Å²) in [5.41, 5.74) is 1.79. The highest BCUT2D eigenvalue weighted by Gasteiger charge is 2.22. The lowest BCUT2D eigenvalue weighted by Crippen LogP contribution is -2.44. The molecule has 0 aliphatic heterocycles. The van der Waals surface area contributed by atoms with Gasteiger partial charge in [-0.25, -0.2) is 9.18 Å². The van der Waals surface area contributed by atoms with Crippen molar-refractivity contribution in [2.45, 2.75) is 12.5 Å². The average molecular weight is 549 g/mol. The lowest BCUT2D eigenvalue weighted by molar-refractivity contribution is -0.123. The third kappa shape index (κ3) is 7.11. The Labute approximate surface area is 227 Å². The molecule has 3 aromatic carbocycles. The Hall–Kier alpha value is -4.90. The molecule has 2 amide bonds. The van der Waals surface area contributed by atoms with Gasteiger partial charge in [0, 0.05) is 28.8 Å². The molecular weight excluding hydrogens is 527 g/mol. The van der Waals surface area contributed by atoms with Crippen LogP contribution in [-0.2, 0) is 20.7 Å². The van der Waals surface area contributed by atoms with Crippen molar-refractivity contribution < 1.29 is 23.5 Å². The van der Waals surface area contributed by atoms with Crippen LogP contribution in [0, 0.1) is 5.82 Å². The van der Waals surface area contributed by atoms with Crippen LogP contribution in [0.15, 0.2) is 79.1 Å². The van der Waals surface area contributed by atoms with E-state index in [1.54, 1.807) is 18.2 Å². The molecule has 0 aliphatic rings. The van der Waals surface area contributed by atoms with Crippen molar-refractivity contribution in [3.8, 4) is 5.69 Å². The molecule has 4 aromatic rings. The maximum absolute atomic E-state index is 14.4. The van der Waals surface area contributed by atoms with Crippen molar-refractivity contribution in [2.75, 3.05) is 12.4 Å². The number of nitrogens with zero attached hydrogens (tertiary/aromatic N) is 4. The van der Waals surface area contributed by atoms with Gasteiger partial charge in [0.1, 0.15) is 18.2 Å². The van der Waals surface area contributed by atoms with Gasteiger partial charge in [-0.1, -0.05) is 41.9 Å². The summed E-state index contributed by atoms with van der Waals surface area (Å²) in [4.78, 5) is 37.7. The summed E-state index contributed by atoms with van der Waals surface area (Å²) in [6.45, 7) is 0. The third-order valence-electron chi connectivity index (χ3n) is 5.56. The van der Waals surface area contributed by atoms with Gasteiger partial charge in [-0.05, 0) is 58.5 Å². The van der Waals surface area contributed by atoms with E-state index in [1.165, 1.54) is 35.3 Å².